The fraction of sp³-hybridized carbons (Fsp3) is 0.174. The van der Waals surface area contributed by atoms with E-state index in [1.165, 1.54) is 24.3 Å². The number of carbonyl (C=O) groups excluding carboxylic acids is 1. The van der Waals surface area contributed by atoms with Gasteiger partial charge in [-0.1, -0.05) is 48.0 Å². The molecule has 0 aliphatic rings. The Bertz CT molecular complexity index is 1080. The Kier molecular flexibility index (Phi) is 6.87. The molecule has 2 N–H and O–H groups in total. The molecule has 1 atom stereocenters. The molecule has 3 aromatic rings. The van der Waals surface area contributed by atoms with Crippen molar-refractivity contribution in [1.29, 1.82) is 0 Å². The first-order chi connectivity index (χ1) is 14.3. The monoisotopic (exact) mass is 425 g/mol. The van der Waals surface area contributed by atoms with Crippen molar-refractivity contribution in [1.82, 2.24) is 4.72 Å². The first kappa shape index (κ1) is 21.5. The van der Waals surface area contributed by atoms with E-state index < -0.39 is 22.0 Å². The van der Waals surface area contributed by atoms with Gasteiger partial charge in [0.1, 0.15) is 5.75 Å². The molecule has 0 fully saturated rings. The normalized spacial score (nSPS) is 12.3. The second kappa shape index (κ2) is 9.56. The summed E-state index contributed by atoms with van der Waals surface area (Å²) in [5.74, 6) is -0.482. The fourth-order valence-electron chi connectivity index (χ4n) is 2.90. The molecule has 156 valence electrons. The Labute approximate surface area is 176 Å². The van der Waals surface area contributed by atoms with Gasteiger partial charge in [-0.15, -0.1) is 0 Å². The van der Waals surface area contributed by atoms with Crippen LogP contribution in [-0.2, 0) is 14.8 Å². The highest BCUT2D eigenvalue weighted by Gasteiger charge is 2.22. The molecule has 7 heteroatoms. The van der Waals surface area contributed by atoms with Crippen molar-refractivity contribution in [3.63, 3.8) is 0 Å². The van der Waals surface area contributed by atoms with Gasteiger partial charge in [0.2, 0.25) is 10.0 Å². The predicted molar refractivity (Wildman–Crippen MR) is 114 cm³/mol. The van der Waals surface area contributed by atoms with E-state index in [1.54, 1.807) is 24.3 Å². The fourth-order valence-corrected chi connectivity index (χ4v) is 4.16. The molecule has 0 bridgehead atoms. The Morgan fingerprint density at radius 3 is 2.23 bits per heavy atom. The molecule has 0 aliphatic carbocycles. The number of ether oxygens (including phenoxy) is 1. The molecule has 0 aliphatic heterocycles. The van der Waals surface area contributed by atoms with E-state index in [0.717, 1.165) is 11.1 Å². The summed E-state index contributed by atoms with van der Waals surface area (Å²) < 4.78 is 33.7. The first-order valence-electron chi connectivity index (χ1n) is 9.45. The van der Waals surface area contributed by atoms with E-state index in [9.17, 15) is 18.3 Å². The molecule has 0 saturated carbocycles. The number of phenols is 1. The number of nitrogens with one attached hydrogen (secondary N) is 1. The molecule has 3 aromatic carbocycles. The summed E-state index contributed by atoms with van der Waals surface area (Å²) in [7, 11) is -3.75. The van der Waals surface area contributed by atoms with E-state index in [1.807, 2.05) is 37.3 Å². The van der Waals surface area contributed by atoms with Gasteiger partial charge in [-0.3, -0.25) is 0 Å². The molecule has 0 amide bonds. The predicted octanol–water partition coefficient (Wildman–Crippen LogP) is 3.97. The lowest BCUT2D eigenvalue weighted by Crippen LogP contribution is -2.29. The third-order valence-electron chi connectivity index (χ3n) is 4.57. The summed E-state index contributed by atoms with van der Waals surface area (Å²) in [4.78, 5) is 12.3. The SMILES string of the molecule is Cc1ccc(S(=O)(=O)N[C@@H](CCOC(=O)c2ccc(O)cc2)c2ccccc2)cc1. The zero-order valence-corrected chi connectivity index (χ0v) is 17.3. The number of aromatic hydroxyl groups is 1. The summed E-state index contributed by atoms with van der Waals surface area (Å²) in [6, 6.07) is 20.9. The zero-order chi connectivity index (χ0) is 21.6. The molecule has 0 spiro atoms. The summed E-state index contributed by atoms with van der Waals surface area (Å²) in [5.41, 5.74) is 2.05. The van der Waals surface area contributed by atoms with Crippen LogP contribution in [-0.4, -0.2) is 26.1 Å². The number of phenolic OH excluding ortho intramolecular Hbond substituents is 1. The largest absolute Gasteiger partial charge is 0.508 e. The number of rotatable bonds is 8. The maximum Gasteiger partial charge on any atom is 0.338 e. The minimum absolute atomic E-state index is 0.0235. The van der Waals surface area contributed by atoms with Crippen molar-refractivity contribution >= 4 is 16.0 Å². The molecule has 6 nitrogen and oxygen atoms in total. The van der Waals surface area contributed by atoms with E-state index in [-0.39, 0.29) is 23.7 Å². The van der Waals surface area contributed by atoms with Crippen LogP contribution in [0.5, 0.6) is 5.75 Å². The minimum atomic E-state index is -3.75. The number of carbonyl (C=O) groups is 1. The highest BCUT2D eigenvalue weighted by atomic mass is 32.2. The number of aryl methyl sites for hydroxylation is 1. The van der Waals surface area contributed by atoms with Crippen molar-refractivity contribution in [2.45, 2.75) is 24.3 Å². The summed E-state index contributed by atoms with van der Waals surface area (Å²) in [6.45, 7) is 1.91. The van der Waals surface area contributed by atoms with Crippen LogP contribution in [0.4, 0.5) is 0 Å². The maximum absolute atomic E-state index is 12.8. The van der Waals surface area contributed by atoms with Crippen LogP contribution in [0, 0.1) is 6.92 Å². The molecule has 30 heavy (non-hydrogen) atoms. The molecule has 0 unspecified atom stereocenters. The van der Waals surface area contributed by atoms with Crippen LogP contribution in [0.1, 0.15) is 33.9 Å². The van der Waals surface area contributed by atoms with Crippen molar-refractivity contribution in [3.05, 3.63) is 95.6 Å². The number of hydrogen-bond donors (Lipinski definition) is 2. The first-order valence-corrected chi connectivity index (χ1v) is 10.9. The van der Waals surface area contributed by atoms with Gasteiger partial charge >= 0.3 is 5.97 Å². The van der Waals surface area contributed by atoms with Crippen molar-refractivity contribution in [2.75, 3.05) is 6.61 Å². The van der Waals surface area contributed by atoms with Gasteiger partial charge in [-0.05, 0) is 48.9 Å². The van der Waals surface area contributed by atoms with E-state index in [0.29, 0.717) is 5.56 Å². The number of sulfonamides is 1. The number of benzene rings is 3. The standard InChI is InChI=1S/C23H23NO5S/c1-17-7-13-21(14-8-17)30(27,28)24-22(18-5-3-2-4-6-18)15-16-29-23(26)19-9-11-20(25)12-10-19/h2-14,22,24-25H,15-16H2,1H3/t22-/m0/s1. The third kappa shape index (κ3) is 5.68. The van der Waals surface area contributed by atoms with Crippen LogP contribution in [0.3, 0.4) is 0 Å². The Hall–Kier alpha value is -3.16. The average molecular weight is 426 g/mol. The van der Waals surface area contributed by atoms with Crippen molar-refractivity contribution in [2.24, 2.45) is 0 Å². The average Bonchev–Trinajstić information content (AvgIpc) is 2.74. The van der Waals surface area contributed by atoms with Crippen LogP contribution >= 0.6 is 0 Å². The number of hydrogen-bond acceptors (Lipinski definition) is 5. The van der Waals surface area contributed by atoms with E-state index >= 15 is 0 Å². The van der Waals surface area contributed by atoms with E-state index in [4.69, 9.17) is 4.74 Å². The molecular formula is C23H23NO5S. The van der Waals surface area contributed by atoms with Crippen LogP contribution in [0.25, 0.3) is 0 Å². The Balaban J connectivity index is 1.71. The van der Waals surface area contributed by atoms with Gasteiger partial charge < -0.3 is 9.84 Å². The van der Waals surface area contributed by atoms with Gasteiger partial charge in [0.05, 0.1) is 23.1 Å². The Morgan fingerprint density at radius 1 is 0.967 bits per heavy atom. The topological polar surface area (TPSA) is 92.7 Å². The molecule has 3 rings (SSSR count). The minimum Gasteiger partial charge on any atom is -0.508 e. The smallest absolute Gasteiger partial charge is 0.338 e. The van der Waals surface area contributed by atoms with Gasteiger partial charge in [-0.2, -0.15) is 0 Å². The quantitative estimate of drug-likeness (QED) is 0.533. The van der Waals surface area contributed by atoms with Gasteiger partial charge in [0, 0.05) is 6.42 Å². The van der Waals surface area contributed by atoms with Gasteiger partial charge in [0.15, 0.2) is 0 Å². The summed E-state index contributed by atoms with van der Waals surface area (Å²) in [6.07, 6.45) is 0.263. The van der Waals surface area contributed by atoms with Crippen LogP contribution in [0.15, 0.2) is 83.8 Å². The summed E-state index contributed by atoms with van der Waals surface area (Å²) >= 11 is 0. The molecular weight excluding hydrogens is 402 g/mol. The highest BCUT2D eigenvalue weighted by Crippen LogP contribution is 2.21. The summed E-state index contributed by atoms with van der Waals surface area (Å²) in [5, 5.41) is 9.31. The molecule has 0 radical (unpaired) electrons. The van der Waals surface area contributed by atoms with Crippen molar-refractivity contribution in [3.8, 4) is 5.75 Å². The zero-order valence-electron chi connectivity index (χ0n) is 16.5. The van der Waals surface area contributed by atoms with E-state index in [2.05, 4.69) is 4.72 Å². The van der Waals surface area contributed by atoms with Crippen LogP contribution in [0.2, 0.25) is 0 Å². The second-order valence-corrected chi connectivity index (χ2v) is 8.58. The lowest BCUT2D eigenvalue weighted by Gasteiger charge is -2.19. The van der Waals surface area contributed by atoms with Crippen LogP contribution < -0.4 is 4.72 Å². The molecule has 0 heterocycles. The Morgan fingerprint density at radius 2 is 1.60 bits per heavy atom. The third-order valence-corrected chi connectivity index (χ3v) is 6.06. The molecule has 0 saturated heterocycles. The second-order valence-electron chi connectivity index (χ2n) is 6.87. The number of esters is 1. The van der Waals surface area contributed by atoms with Gasteiger partial charge in [-0.25, -0.2) is 17.9 Å². The lowest BCUT2D eigenvalue weighted by atomic mass is 10.1. The lowest BCUT2D eigenvalue weighted by molar-refractivity contribution is 0.0492. The molecule has 0 aromatic heterocycles. The van der Waals surface area contributed by atoms with Crippen molar-refractivity contribution < 1.29 is 23.1 Å². The highest BCUT2D eigenvalue weighted by molar-refractivity contribution is 7.89. The maximum atomic E-state index is 12.8. The van der Waals surface area contributed by atoms with Gasteiger partial charge in [0.25, 0.3) is 0 Å².